The number of hydrogen-bond donors (Lipinski definition) is 3. The van der Waals surface area contributed by atoms with E-state index in [9.17, 15) is 5.11 Å². The molecule has 5 heteroatoms. The lowest BCUT2D eigenvalue weighted by Crippen LogP contribution is -2.16. The van der Waals surface area contributed by atoms with Gasteiger partial charge in [-0.25, -0.2) is 4.98 Å². The van der Waals surface area contributed by atoms with E-state index in [2.05, 4.69) is 20.5 Å². The smallest absolute Gasteiger partial charge is 0.153 e. The Morgan fingerprint density at radius 1 is 1.18 bits per heavy atom. The van der Waals surface area contributed by atoms with Crippen LogP contribution in [-0.2, 0) is 0 Å². The molecular weight excluding hydrogens is 216 g/mol. The topological polar surface area (TPSA) is 73.8 Å². The molecule has 1 saturated heterocycles. The summed E-state index contributed by atoms with van der Waals surface area (Å²) in [5, 5.41) is 20.1. The Kier molecular flexibility index (Phi) is 3.11. The van der Waals surface area contributed by atoms with Gasteiger partial charge in [-0.2, -0.15) is 5.10 Å². The van der Waals surface area contributed by atoms with Crippen LogP contribution in [0.15, 0.2) is 0 Å². The quantitative estimate of drug-likeness (QED) is 0.722. The highest BCUT2D eigenvalue weighted by Crippen LogP contribution is 2.31. The third-order valence-corrected chi connectivity index (χ3v) is 3.93. The molecule has 0 bridgehead atoms. The summed E-state index contributed by atoms with van der Waals surface area (Å²) >= 11 is 0. The fraction of sp³-hybridized carbons (Fsp3) is 0.833. The summed E-state index contributed by atoms with van der Waals surface area (Å²) in [5.74, 6) is 2.41. The highest BCUT2D eigenvalue weighted by atomic mass is 16.3. The van der Waals surface area contributed by atoms with Gasteiger partial charge in [-0.15, -0.1) is 0 Å². The third-order valence-electron chi connectivity index (χ3n) is 3.93. The molecule has 3 rings (SSSR count). The van der Waals surface area contributed by atoms with Gasteiger partial charge >= 0.3 is 0 Å². The second-order valence-corrected chi connectivity index (χ2v) is 5.26. The van der Waals surface area contributed by atoms with Crippen LogP contribution in [0.5, 0.6) is 0 Å². The first-order valence-electron chi connectivity index (χ1n) is 6.66. The molecule has 94 valence electrons. The standard InChI is InChI=1S/C12H20N4O/c17-9-6-10(13-7-9)12-14-11(15-16-12)8-4-2-1-3-5-8/h8-10,13,17H,1-7H2,(H,14,15,16)/t9-,10-/m1/s1. The van der Waals surface area contributed by atoms with Crippen molar-refractivity contribution < 1.29 is 5.11 Å². The van der Waals surface area contributed by atoms with Crippen molar-refractivity contribution in [3.05, 3.63) is 11.6 Å². The van der Waals surface area contributed by atoms with Gasteiger partial charge in [0.05, 0.1) is 12.1 Å². The van der Waals surface area contributed by atoms with Crippen LogP contribution in [0.25, 0.3) is 0 Å². The molecule has 2 atom stereocenters. The van der Waals surface area contributed by atoms with E-state index in [4.69, 9.17) is 0 Å². The zero-order valence-electron chi connectivity index (χ0n) is 10.0. The fourth-order valence-corrected chi connectivity index (χ4v) is 2.91. The van der Waals surface area contributed by atoms with Crippen molar-refractivity contribution >= 4 is 0 Å². The number of aliphatic hydroxyl groups excluding tert-OH is 1. The second-order valence-electron chi connectivity index (χ2n) is 5.26. The second kappa shape index (κ2) is 4.74. The number of β-amino-alcohol motifs (C(OH)–C–C–N with tert-alkyl or cyclic N) is 1. The monoisotopic (exact) mass is 236 g/mol. The van der Waals surface area contributed by atoms with E-state index in [1.165, 1.54) is 32.1 Å². The van der Waals surface area contributed by atoms with E-state index in [1.54, 1.807) is 0 Å². The fourth-order valence-electron chi connectivity index (χ4n) is 2.91. The predicted octanol–water partition coefficient (Wildman–Crippen LogP) is 1.25. The van der Waals surface area contributed by atoms with Crippen LogP contribution in [0.2, 0.25) is 0 Å². The Morgan fingerprint density at radius 3 is 2.71 bits per heavy atom. The number of hydrogen-bond acceptors (Lipinski definition) is 4. The minimum Gasteiger partial charge on any atom is -0.392 e. The molecule has 5 nitrogen and oxygen atoms in total. The average molecular weight is 236 g/mol. The Bertz CT molecular complexity index is 353. The molecule has 3 N–H and O–H groups in total. The molecule has 2 fully saturated rings. The van der Waals surface area contributed by atoms with Gasteiger partial charge in [-0.05, 0) is 19.3 Å². The van der Waals surface area contributed by atoms with E-state index < -0.39 is 0 Å². The van der Waals surface area contributed by atoms with Gasteiger partial charge in [0.25, 0.3) is 0 Å². The minimum absolute atomic E-state index is 0.148. The summed E-state index contributed by atoms with van der Waals surface area (Å²) < 4.78 is 0. The van der Waals surface area contributed by atoms with E-state index in [-0.39, 0.29) is 12.1 Å². The third kappa shape index (κ3) is 2.35. The molecule has 1 aliphatic heterocycles. The summed E-state index contributed by atoms with van der Waals surface area (Å²) in [4.78, 5) is 4.61. The number of aromatic amines is 1. The molecular formula is C12H20N4O. The number of aliphatic hydroxyl groups is 1. The highest BCUT2D eigenvalue weighted by Gasteiger charge is 2.27. The van der Waals surface area contributed by atoms with Crippen molar-refractivity contribution in [1.29, 1.82) is 0 Å². The number of rotatable bonds is 2. The van der Waals surface area contributed by atoms with Crippen LogP contribution >= 0.6 is 0 Å². The van der Waals surface area contributed by atoms with Crippen molar-refractivity contribution in [2.45, 2.75) is 56.6 Å². The molecule has 17 heavy (non-hydrogen) atoms. The van der Waals surface area contributed by atoms with Gasteiger partial charge in [0.2, 0.25) is 0 Å². The first-order valence-corrected chi connectivity index (χ1v) is 6.66. The molecule has 0 spiro atoms. The van der Waals surface area contributed by atoms with Crippen molar-refractivity contribution in [3.63, 3.8) is 0 Å². The van der Waals surface area contributed by atoms with Crippen LogP contribution in [-0.4, -0.2) is 32.9 Å². The first-order chi connectivity index (χ1) is 8.33. The van der Waals surface area contributed by atoms with Crippen LogP contribution in [0, 0.1) is 0 Å². The highest BCUT2D eigenvalue weighted by molar-refractivity contribution is 5.04. The van der Waals surface area contributed by atoms with Crippen molar-refractivity contribution in [1.82, 2.24) is 20.5 Å². The van der Waals surface area contributed by atoms with Gasteiger partial charge < -0.3 is 10.4 Å². The number of nitrogens with one attached hydrogen (secondary N) is 2. The molecule has 0 aromatic carbocycles. The normalized spacial score (nSPS) is 30.9. The summed E-state index contributed by atoms with van der Waals surface area (Å²) in [6.07, 6.45) is 6.88. The lowest BCUT2D eigenvalue weighted by Gasteiger charge is -2.18. The molecule has 1 saturated carbocycles. The Balaban J connectivity index is 1.69. The zero-order chi connectivity index (χ0) is 11.7. The number of nitrogens with zero attached hydrogens (tertiary/aromatic N) is 2. The Labute approximate surface area is 101 Å². The van der Waals surface area contributed by atoms with Gasteiger partial charge in [0.1, 0.15) is 5.82 Å². The van der Waals surface area contributed by atoms with Crippen LogP contribution in [0.1, 0.15) is 62.1 Å². The predicted molar refractivity (Wildman–Crippen MR) is 63.6 cm³/mol. The lowest BCUT2D eigenvalue weighted by molar-refractivity contribution is 0.193. The van der Waals surface area contributed by atoms with E-state index in [0.717, 1.165) is 18.1 Å². The van der Waals surface area contributed by atoms with Crippen molar-refractivity contribution in [3.8, 4) is 0 Å². The van der Waals surface area contributed by atoms with Gasteiger partial charge in [0.15, 0.2) is 5.82 Å². The van der Waals surface area contributed by atoms with Crippen molar-refractivity contribution in [2.75, 3.05) is 6.54 Å². The zero-order valence-corrected chi connectivity index (χ0v) is 10.0. The molecule has 1 aliphatic carbocycles. The largest absolute Gasteiger partial charge is 0.392 e. The maximum Gasteiger partial charge on any atom is 0.153 e. The van der Waals surface area contributed by atoms with E-state index in [1.807, 2.05) is 0 Å². The van der Waals surface area contributed by atoms with E-state index >= 15 is 0 Å². The molecule has 0 radical (unpaired) electrons. The van der Waals surface area contributed by atoms with Crippen LogP contribution in [0.3, 0.4) is 0 Å². The van der Waals surface area contributed by atoms with E-state index in [0.29, 0.717) is 12.5 Å². The molecule has 0 unspecified atom stereocenters. The van der Waals surface area contributed by atoms with Crippen LogP contribution < -0.4 is 5.32 Å². The van der Waals surface area contributed by atoms with Crippen LogP contribution in [0.4, 0.5) is 0 Å². The average Bonchev–Trinajstić information content (AvgIpc) is 2.98. The molecule has 2 heterocycles. The SMILES string of the molecule is O[C@H]1CN[C@@H](c2nc(C3CCCCC3)n[nH]2)C1. The summed E-state index contributed by atoms with van der Waals surface area (Å²) in [5.41, 5.74) is 0. The number of H-pyrrole nitrogens is 1. The van der Waals surface area contributed by atoms with Gasteiger partial charge in [-0.1, -0.05) is 19.3 Å². The summed E-state index contributed by atoms with van der Waals surface area (Å²) in [6.45, 7) is 0.657. The summed E-state index contributed by atoms with van der Waals surface area (Å²) in [7, 11) is 0. The minimum atomic E-state index is -0.247. The molecule has 2 aliphatic rings. The number of aromatic nitrogens is 3. The van der Waals surface area contributed by atoms with Gasteiger partial charge in [0, 0.05) is 12.5 Å². The first kappa shape index (κ1) is 11.2. The lowest BCUT2D eigenvalue weighted by atomic mass is 9.89. The summed E-state index contributed by atoms with van der Waals surface area (Å²) in [6, 6.07) is 0.148. The Hall–Kier alpha value is -0.940. The molecule has 1 aromatic rings. The van der Waals surface area contributed by atoms with Gasteiger partial charge in [-0.3, -0.25) is 5.10 Å². The maximum atomic E-state index is 9.49. The maximum absolute atomic E-state index is 9.49. The Morgan fingerprint density at radius 2 is 2.00 bits per heavy atom. The molecule has 0 amide bonds. The molecule has 1 aromatic heterocycles. The van der Waals surface area contributed by atoms with Crippen molar-refractivity contribution in [2.24, 2.45) is 0 Å².